The smallest absolute Gasteiger partial charge is 0.275 e. The zero-order valence-corrected chi connectivity index (χ0v) is 11.6. The van der Waals surface area contributed by atoms with Crippen LogP contribution in [0.4, 0.5) is 5.69 Å². The lowest BCUT2D eigenvalue weighted by molar-refractivity contribution is 0.475. The van der Waals surface area contributed by atoms with Crippen LogP contribution in [0.25, 0.3) is 0 Å². The van der Waals surface area contributed by atoms with Gasteiger partial charge in [0.1, 0.15) is 5.75 Å². The molecule has 0 radical (unpaired) electrons. The molecule has 1 N–H and O–H groups in total. The van der Waals surface area contributed by atoms with Crippen LogP contribution in [0.15, 0.2) is 34.7 Å². The number of nitrogens with zero attached hydrogens (tertiary/aromatic N) is 2. The number of sulfonamides is 1. The van der Waals surface area contributed by atoms with E-state index >= 15 is 0 Å². The fraction of sp³-hybridized carbons (Fsp3) is 0.100. The molecule has 0 aliphatic carbocycles. The Kier molecular flexibility index (Phi) is 3.47. The van der Waals surface area contributed by atoms with Crippen molar-refractivity contribution in [2.24, 2.45) is 0 Å². The lowest BCUT2D eigenvalue weighted by Crippen LogP contribution is -2.25. The van der Waals surface area contributed by atoms with Crippen molar-refractivity contribution >= 4 is 38.6 Å². The van der Waals surface area contributed by atoms with Gasteiger partial charge in [0.15, 0.2) is 8.68 Å². The summed E-state index contributed by atoms with van der Waals surface area (Å²) in [7, 11) is -2.23. The lowest BCUT2D eigenvalue weighted by atomic mass is 10.3. The Morgan fingerprint density at radius 2 is 1.94 bits per heavy atom. The topological polar surface area (TPSA) is 70.5 Å². The number of rotatable bonds is 3. The predicted octanol–water partition coefficient (Wildman–Crippen LogP) is 2.33. The normalized spacial score (nSPS) is 11.4. The predicted molar refractivity (Wildman–Crippen MR) is 70.8 cm³/mol. The zero-order chi connectivity index (χ0) is 13.3. The van der Waals surface area contributed by atoms with Crippen LogP contribution in [0, 0.1) is 0 Å². The summed E-state index contributed by atoms with van der Waals surface area (Å²) in [5.74, 6) is 0.0744. The Hall–Kier alpha value is -1.31. The van der Waals surface area contributed by atoms with Gasteiger partial charge >= 0.3 is 0 Å². The van der Waals surface area contributed by atoms with E-state index in [-0.39, 0.29) is 14.4 Å². The summed E-state index contributed by atoms with van der Waals surface area (Å²) in [5.41, 5.74) is 0.442. The Bertz CT molecular complexity index is 652. The van der Waals surface area contributed by atoms with Crippen LogP contribution >= 0.6 is 22.9 Å². The second kappa shape index (κ2) is 4.75. The molecule has 0 saturated heterocycles. The van der Waals surface area contributed by atoms with Gasteiger partial charge in [0, 0.05) is 7.05 Å². The number of hydrogen-bond donors (Lipinski definition) is 1. The first-order chi connectivity index (χ1) is 8.41. The minimum atomic E-state index is -3.66. The van der Waals surface area contributed by atoms with Gasteiger partial charge in [0.25, 0.3) is 10.0 Å². The molecule has 96 valence electrons. The number of halogens is 1. The van der Waals surface area contributed by atoms with E-state index in [1.54, 1.807) is 0 Å². The molecule has 1 aromatic carbocycles. The molecule has 0 amide bonds. The molecular formula is C10H9ClN2O3S2. The minimum Gasteiger partial charge on any atom is -0.508 e. The summed E-state index contributed by atoms with van der Waals surface area (Å²) in [4.78, 5) is 3.71. The number of aromatic nitrogens is 1. The molecule has 0 atom stereocenters. The number of thiazole rings is 1. The fourth-order valence-corrected chi connectivity index (χ4v) is 3.96. The molecule has 2 aromatic rings. The van der Waals surface area contributed by atoms with Crippen molar-refractivity contribution in [3.8, 4) is 5.75 Å². The summed E-state index contributed by atoms with van der Waals surface area (Å²) in [6.07, 6.45) is 1.22. The molecule has 0 fully saturated rings. The van der Waals surface area contributed by atoms with Crippen LogP contribution in [0.1, 0.15) is 0 Å². The van der Waals surface area contributed by atoms with Gasteiger partial charge in [0.2, 0.25) is 0 Å². The molecule has 2 rings (SSSR count). The number of hydrogen-bond acceptors (Lipinski definition) is 5. The monoisotopic (exact) mass is 304 g/mol. The Balaban J connectivity index is 2.39. The first kappa shape index (κ1) is 13.1. The van der Waals surface area contributed by atoms with Crippen molar-refractivity contribution in [1.29, 1.82) is 0 Å². The third-order valence-corrected chi connectivity index (χ3v) is 5.62. The summed E-state index contributed by atoms with van der Waals surface area (Å²) >= 11 is 6.53. The number of anilines is 1. The first-order valence-corrected chi connectivity index (χ1v) is 7.44. The summed E-state index contributed by atoms with van der Waals surface area (Å²) < 4.78 is 25.8. The van der Waals surface area contributed by atoms with Gasteiger partial charge in [-0.3, -0.25) is 4.31 Å². The van der Waals surface area contributed by atoms with Crippen molar-refractivity contribution in [2.45, 2.75) is 4.21 Å². The molecule has 0 aliphatic rings. The van der Waals surface area contributed by atoms with E-state index in [0.29, 0.717) is 5.69 Å². The maximum absolute atomic E-state index is 12.2. The average Bonchev–Trinajstić information content (AvgIpc) is 2.76. The van der Waals surface area contributed by atoms with E-state index in [1.165, 1.54) is 37.5 Å². The second-order valence-corrected chi connectivity index (χ2v) is 7.23. The molecule has 8 heteroatoms. The number of benzene rings is 1. The average molecular weight is 305 g/mol. The van der Waals surface area contributed by atoms with Crippen molar-refractivity contribution in [2.75, 3.05) is 11.4 Å². The largest absolute Gasteiger partial charge is 0.508 e. The van der Waals surface area contributed by atoms with Gasteiger partial charge in [-0.15, -0.1) is 0 Å². The van der Waals surface area contributed by atoms with Crippen molar-refractivity contribution < 1.29 is 13.5 Å². The highest BCUT2D eigenvalue weighted by molar-refractivity contribution is 7.94. The minimum absolute atomic E-state index is 0.0723. The molecular weight excluding hydrogens is 296 g/mol. The molecule has 18 heavy (non-hydrogen) atoms. The lowest BCUT2D eigenvalue weighted by Gasteiger charge is -2.17. The van der Waals surface area contributed by atoms with Crippen LogP contribution in [0.5, 0.6) is 5.75 Å². The Morgan fingerprint density at radius 1 is 1.33 bits per heavy atom. The van der Waals surface area contributed by atoms with Gasteiger partial charge in [-0.25, -0.2) is 13.4 Å². The van der Waals surface area contributed by atoms with Gasteiger partial charge < -0.3 is 5.11 Å². The van der Waals surface area contributed by atoms with E-state index in [1.807, 2.05) is 0 Å². The highest BCUT2D eigenvalue weighted by Crippen LogP contribution is 2.28. The molecule has 0 aliphatic heterocycles. The highest BCUT2D eigenvalue weighted by Gasteiger charge is 2.23. The Labute approximate surface area is 113 Å². The molecule has 5 nitrogen and oxygen atoms in total. The van der Waals surface area contributed by atoms with E-state index in [4.69, 9.17) is 16.7 Å². The fourth-order valence-electron chi connectivity index (χ4n) is 1.29. The van der Waals surface area contributed by atoms with Gasteiger partial charge in [-0.2, -0.15) is 0 Å². The van der Waals surface area contributed by atoms with Crippen LogP contribution < -0.4 is 4.31 Å². The number of phenols is 1. The van der Waals surface area contributed by atoms with Crippen LogP contribution in [0.3, 0.4) is 0 Å². The third kappa shape index (κ3) is 2.43. The maximum atomic E-state index is 12.2. The number of phenolic OH excluding ortho intramolecular Hbond substituents is 1. The first-order valence-electron chi connectivity index (χ1n) is 4.80. The van der Waals surface area contributed by atoms with Crippen LogP contribution in [-0.4, -0.2) is 25.6 Å². The van der Waals surface area contributed by atoms with Gasteiger partial charge in [-0.05, 0) is 24.3 Å². The van der Waals surface area contributed by atoms with Crippen molar-refractivity contribution in [3.05, 3.63) is 34.9 Å². The standard InChI is InChI=1S/C10H9ClN2O3S2/c1-13(7-2-4-8(14)5-3-7)18(15,16)9-6-12-10(11)17-9/h2-6,14H,1H3. The highest BCUT2D eigenvalue weighted by atomic mass is 35.5. The molecule has 1 heterocycles. The number of aromatic hydroxyl groups is 1. The quantitative estimate of drug-likeness (QED) is 0.944. The maximum Gasteiger partial charge on any atom is 0.275 e. The van der Waals surface area contributed by atoms with Crippen molar-refractivity contribution in [1.82, 2.24) is 4.98 Å². The molecule has 0 spiro atoms. The van der Waals surface area contributed by atoms with Gasteiger partial charge in [-0.1, -0.05) is 22.9 Å². The van der Waals surface area contributed by atoms with E-state index < -0.39 is 10.0 Å². The second-order valence-electron chi connectivity index (χ2n) is 3.42. The molecule has 1 aromatic heterocycles. The molecule has 0 unspecified atom stereocenters. The molecule has 0 bridgehead atoms. The summed E-state index contributed by atoms with van der Waals surface area (Å²) in [5, 5.41) is 9.17. The summed E-state index contributed by atoms with van der Waals surface area (Å²) in [6.45, 7) is 0. The van der Waals surface area contributed by atoms with E-state index in [9.17, 15) is 8.42 Å². The zero-order valence-electron chi connectivity index (χ0n) is 9.24. The SMILES string of the molecule is CN(c1ccc(O)cc1)S(=O)(=O)c1cnc(Cl)s1. The molecule has 0 saturated carbocycles. The van der Waals surface area contributed by atoms with E-state index in [2.05, 4.69) is 4.98 Å². The van der Waals surface area contributed by atoms with E-state index in [0.717, 1.165) is 15.6 Å². The third-order valence-electron chi connectivity index (χ3n) is 2.28. The summed E-state index contributed by atoms with van der Waals surface area (Å²) in [6, 6.07) is 5.85. The Morgan fingerprint density at radius 3 is 2.44 bits per heavy atom. The van der Waals surface area contributed by atoms with Crippen LogP contribution in [0.2, 0.25) is 4.47 Å². The van der Waals surface area contributed by atoms with Crippen molar-refractivity contribution in [3.63, 3.8) is 0 Å². The van der Waals surface area contributed by atoms with Gasteiger partial charge in [0.05, 0.1) is 11.9 Å². The van der Waals surface area contributed by atoms with Crippen LogP contribution in [-0.2, 0) is 10.0 Å².